The second kappa shape index (κ2) is 24.2. The number of rotatable bonds is 26. The lowest BCUT2D eigenvalue weighted by molar-refractivity contribution is -0.129. The zero-order chi connectivity index (χ0) is 26.9. The molecular weight excluding hydrogens is 480 g/mol. The lowest BCUT2D eigenvalue weighted by atomic mass is 10.1. The van der Waals surface area contributed by atoms with E-state index in [2.05, 4.69) is 28.7 Å². The number of carbonyl (C=O) groups is 2. The SMILES string of the molecule is CCCCCCCCCCCCCCNC(=O)[C@H](COS(=O)(=O)O)NC(=O)CCCCCCCCC. The van der Waals surface area contributed by atoms with Gasteiger partial charge in [-0.1, -0.05) is 123 Å². The molecule has 0 saturated heterocycles. The van der Waals surface area contributed by atoms with E-state index >= 15 is 0 Å². The van der Waals surface area contributed by atoms with Crippen molar-refractivity contribution in [2.24, 2.45) is 0 Å². The van der Waals surface area contributed by atoms with E-state index in [-0.39, 0.29) is 12.3 Å². The van der Waals surface area contributed by atoms with Crippen LogP contribution in [0.15, 0.2) is 0 Å². The zero-order valence-corrected chi connectivity index (χ0v) is 23.8. The Morgan fingerprint density at radius 2 is 1.11 bits per heavy atom. The molecule has 9 heteroatoms. The Kier molecular flexibility index (Phi) is 23.4. The van der Waals surface area contributed by atoms with Crippen molar-refractivity contribution in [3.05, 3.63) is 0 Å². The van der Waals surface area contributed by atoms with Crippen LogP contribution in [0.3, 0.4) is 0 Å². The van der Waals surface area contributed by atoms with Crippen LogP contribution < -0.4 is 10.6 Å². The van der Waals surface area contributed by atoms with Crippen LogP contribution in [0.2, 0.25) is 0 Å². The van der Waals surface area contributed by atoms with Gasteiger partial charge in [-0.05, 0) is 12.8 Å². The van der Waals surface area contributed by atoms with Crippen LogP contribution in [0.25, 0.3) is 0 Å². The first-order valence-electron chi connectivity index (χ1n) is 14.5. The second-order valence-electron chi connectivity index (χ2n) is 9.88. The van der Waals surface area contributed by atoms with Gasteiger partial charge in [0, 0.05) is 13.0 Å². The Bertz CT molecular complexity index is 642. The van der Waals surface area contributed by atoms with E-state index in [1.165, 1.54) is 77.0 Å². The Morgan fingerprint density at radius 1 is 0.694 bits per heavy atom. The minimum absolute atomic E-state index is 0.266. The quantitative estimate of drug-likeness (QED) is 0.0891. The molecule has 0 radical (unpaired) electrons. The van der Waals surface area contributed by atoms with Crippen molar-refractivity contribution in [2.75, 3.05) is 13.2 Å². The molecule has 214 valence electrons. The number of unbranched alkanes of at least 4 members (excludes halogenated alkanes) is 17. The molecule has 0 aliphatic heterocycles. The summed E-state index contributed by atoms with van der Waals surface area (Å²) in [4.78, 5) is 24.7. The Balaban J connectivity index is 4.07. The standard InChI is InChI=1S/C27H54N2O6S/c1-3-5-7-9-11-12-13-14-15-17-19-21-23-28-27(31)25(24-35-36(32,33)34)29-26(30)22-20-18-16-10-8-6-4-2/h25H,3-24H2,1-2H3,(H,28,31)(H,29,30)(H,32,33,34)/t25-/m0/s1. The number of hydrogen-bond donors (Lipinski definition) is 3. The third-order valence-electron chi connectivity index (χ3n) is 6.37. The fraction of sp³-hybridized carbons (Fsp3) is 0.926. The van der Waals surface area contributed by atoms with Crippen LogP contribution in [0.4, 0.5) is 0 Å². The maximum absolute atomic E-state index is 12.5. The molecule has 0 aromatic carbocycles. The normalized spacial score (nSPS) is 12.4. The van der Waals surface area contributed by atoms with Gasteiger partial charge in [-0.2, -0.15) is 8.42 Å². The molecule has 2 amide bonds. The van der Waals surface area contributed by atoms with Crippen molar-refractivity contribution >= 4 is 22.2 Å². The highest BCUT2D eigenvalue weighted by molar-refractivity contribution is 7.80. The highest BCUT2D eigenvalue weighted by Gasteiger charge is 2.23. The summed E-state index contributed by atoms with van der Waals surface area (Å²) in [6, 6.07) is -1.17. The summed E-state index contributed by atoms with van der Waals surface area (Å²) >= 11 is 0. The third kappa shape index (κ3) is 24.5. The molecule has 0 aliphatic carbocycles. The van der Waals surface area contributed by atoms with E-state index in [4.69, 9.17) is 4.55 Å². The van der Waals surface area contributed by atoms with Crippen LogP contribution in [0, 0.1) is 0 Å². The number of carbonyl (C=O) groups excluding carboxylic acids is 2. The number of hydrogen-bond acceptors (Lipinski definition) is 5. The summed E-state index contributed by atoms with van der Waals surface area (Å²) < 4.78 is 35.1. The molecule has 0 aromatic heterocycles. The molecule has 0 spiro atoms. The van der Waals surface area contributed by atoms with Gasteiger partial charge in [-0.15, -0.1) is 0 Å². The van der Waals surface area contributed by atoms with Gasteiger partial charge in [0.1, 0.15) is 6.04 Å². The van der Waals surface area contributed by atoms with Crippen LogP contribution in [0.5, 0.6) is 0 Å². The van der Waals surface area contributed by atoms with Gasteiger partial charge < -0.3 is 10.6 Å². The van der Waals surface area contributed by atoms with Crippen molar-refractivity contribution in [1.29, 1.82) is 0 Å². The molecule has 0 heterocycles. The maximum atomic E-state index is 12.5. The van der Waals surface area contributed by atoms with E-state index in [0.717, 1.165) is 38.5 Å². The van der Waals surface area contributed by atoms with Gasteiger partial charge in [0.25, 0.3) is 0 Å². The van der Waals surface area contributed by atoms with Gasteiger partial charge in [0.15, 0.2) is 0 Å². The molecule has 36 heavy (non-hydrogen) atoms. The minimum atomic E-state index is -4.70. The van der Waals surface area contributed by atoms with Gasteiger partial charge in [0.2, 0.25) is 11.8 Å². The molecule has 0 saturated carbocycles. The van der Waals surface area contributed by atoms with Crippen molar-refractivity contribution in [1.82, 2.24) is 10.6 Å². The Labute approximate surface area is 221 Å². The first kappa shape index (κ1) is 34.8. The molecular formula is C27H54N2O6S. The first-order valence-corrected chi connectivity index (χ1v) is 15.9. The van der Waals surface area contributed by atoms with Gasteiger partial charge in [0.05, 0.1) is 6.61 Å². The summed E-state index contributed by atoms with van der Waals surface area (Å²) in [7, 11) is -4.70. The fourth-order valence-corrected chi connectivity index (χ4v) is 4.45. The fourth-order valence-electron chi connectivity index (χ4n) is 4.15. The van der Waals surface area contributed by atoms with Gasteiger partial charge in [-0.25, -0.2) is 4.18 Å². The number of nitrogens with one attached hydrogen (secondary N) is 2. The minimum Gasteiger partial charge on any atom is -0.354 e. The largest absolute Gasteiger partial charge is 0.397 e. The van der Waals surface area contributed by atoms with Crippen molar-refractivity contribution in [3.8, 4) is 0 Å². The third-order valence-corrected chi connectivity index (χ3v) is 6.81. The summed E-state index contributed by atoms with van der Waals surface area (Å²) in [6.07, 6.45) is 22.4. The highest BCUT2D eigenvalue weighted by Crippen LogP contribution is 2.12. The summed E-state index contributed by atoms with van der Waals surface area (Å²) in [5.74, 6) is -0.831. The molecule has 0 aliphatic rings. The maximum Gasteiger partial charge on any atom is 0.397 e. The van der Waals surface area contributed by atoms with Crippen LogP contribution >= 0.6 is 0 Å². The summed E-state index contributed by atoms with van der Waals surface area (Å²) in [6.45, 7) is 4.22. The molecule has 0 fully saturated rings. The lowest BCUT2D eigenvalue weighted by Crippen LogP contribution is -2.49. The predicted octanol–water partition coefficient (Wildman–Crippen LogP) is 6.25. The van der Waals surface area contributed by atoms with E-state index in [1.807, 2.05) is 0 Å². The molecule has 0 rings (SSSR count). The average Bonchev–Trinajstić information content (AvgIpc) is 2.83. The van der Waals surface area contributed by atoms with Crippen molar-refractivity contribution in [3.63, 3.8) is 0 Å². The predicted molar refractivity (Wildman–Crippen MR) is 146 cm³/mol. The Hall–Kier alpha value is -1.19. The van der Waals surface area contributed by atoms with Crippen molar-refractivity contribution < 1.29 is 26.7 Å². The summed E-state index contributed by atoms with van der Waals surface area (Å²) in [5.41, 5.74) is 0. The van der Waals surface area contributed by atoms with Crippen LogP contribution in [0.1, 0.15) is 142 Å². The van der Waals surface area contributed by atoms with Crippen LogP contribution in [-0.4, -0.2) is 44.0 Å². The number of amides is 2. The summed E-state index contributed by atoms with van der Waals surface area (Å²) in [5, 5.41) is 5.29. The molecule has 0 bridgehead atoms. The topological polar surface area (TPSA) is 122 Å². The molecule has 8 nitrogen and oxygen atoms in total. The van der Waals surface area contributed by atoms with Gasteiger partial charge in [-0.3, -0.25) is 14.1 Å². The molecule has 0 unspecified atom stereocenters. The molecule has 0 aromatic rings. The second-order valence-corrected chi connectivity index (χ2v) is 11.0. The van der Waals surface area contributed by atoms with Crippen LogP contribution in [-0.2, 0) is 24.2 Å². The lowest BCUT2D eigenvalue weighted by Gasteiger charge is -2.18. The zero-order valence-electron chi connectivity index (χ0n) is 23.0. The molecule has 3 N–H and O–H groups in total. The van der Waals surface area contributed by atoms with E-state index in [0.29, 0.717) is 13.0 Å². The smallest absolute Gasteiger partial charge is 0.354 e. The highest BCUT2D eigenvalue weighted by atomic mass is 32.3. The van der Waals surface area contributed by atoms with E-state index in [9.17, 15) is 18.0 Å². The van der Waals surface area contributed by atoms with Crippen molar-refractivity contribution in [2.45, 2.75) is 148 Å². The van der Waals surface area contributed by atoms with E-state index < -0.39 is 29.0 Å². The molecule has 1 atom stereocenters. The van der Waals surface area contributed by atoms with E-state index in [1.54, 1.807) is 0 Å². The Morgan fingerprint density at radius 3 is 1.56 bits per heavy atom. The average molecular weight is 535 g/mol. The monoisotopic (exact) mass is 534 g/mol. The van der Waals surface area contributed by atoms with Gasteiger partial charge >= 0.3 is 10.4 Å². The first-order chi connectivity index (χ1) is 17.3.